The minimum absolute atomic E-state index is 0.00961. The van der Waals surface area contributed by atoms with Crippen molar-refractivity contribution in [3.8, 4) is 0 Å². The summed E-state index contributed by atoms with van der Waals surface area (Å²) in [6.45, 7) is 4.20. The van der Waals surface area contributed by atoms with Crippen LogP contribution in [0.2, 0.25) is 0 Å². The number of nitrogens with one attached hydrogen (secondary N) is 1. The molecule has 3 N–H and O–H groups in total. The smallest absolute Gasteiger partial charge is 0.338 e. The van der Waals surface area contributed by atoms with Crippen molar-refractivity contribution in [3.05, 3.63) is 29.6 Å². The molecule has 0 aliphatic rings. The Balaban J connectivity index is 2.75. The molecule has 94 valence electrons. The van der Waals surface area contributed by atoms with E-state index in [1.165, 1.54) is 12.1 Å². The van der Waals surface area contributed by atoms with Gasteiger partial charge in [-0.2, -0.15) is 0 Å². The molecule has 0 spiro atoms. The third kappa shape index (κ3) is 3.71. The van der Waals surface area contributed by atoms with E-state index in [1.54, 1.807) is 0 Å². The monoisotopic (exact) mass is 241 g/mol. The minimum atomic E-state index is -1.29. The topological polar surface area (TPSA) is 69.6 Å². The van der Waals surface area contributed by atoms with Crippen LogP contribution in [0.25, 0.3) is 0 Å². The van der Waals surface area contributed by atoms with Crippen molar-refractivity contribution >= 4 is 11.7 Å². The number of anilines is 1. The lowest BCUT2D eigenvalue weighted by atomic mass is 9.95. The number of aliphatic hydroxyl groups is 1. The molecule has 17 heavy (non-hydrogen) atoms. The standard InChI is InChI=1S/C12H16FNO3/c1-12(2,7-15)6-14-8-3-4-9(11(16)17)10(13)5-8/h3-5,14-15H,6-7H2,1-2H3,(H,16,17). The van der Waals surface area contributed by atoms with Gasteiger partial charge in [0.15, 0.2) is 0 Å². The molecule has 0 fully saturated rings. The van der Waals surface area contributed by atoms with Gasteiger partial charge in [0, 0.05) is 24.3 Å². The molecule has 0 bridgehead atoms. The molecule has 0 saturated carbocycles. The molecule has 1 aromatic carbocycles. The normalized spacial score (nSPS) is 11.3. The third-order valence-corrected chi connectivity index (χ3v) is 2.40. The van der Waals surface area contributed by atoms with Gasteiger partial charge < -0.3 is 15.5 Å². The summed E-state index contributed by atoms with van der Waals surface area (Å²) in [5.41, 5.74) is -0.173. The van der Waals surface area contributed by atoms with Gasteiger partial charge >= 0.3 is 5.97 Å². The molecule has 1 rings (SSSR count). The van der Waals surface area contributed by atoms with Crippen molar-refractivity contribution in [2.75, 3.05) is 18.5 Å². The predicted octanol–water partition coefficient (Wildman–Crippen LogP) is 1.95. The van der Waals surface area contributed by atoms with Crippen LogP contribution < -0.4 is 5.32 Å². The summed E-state index contributed by atoms with van der Waals surface area (Å²) >= 11 is 0. The van der Waals surface area contributed by atoms with E-state index >= 15 is 0 Å². The average Bonchev–Trinajstić information content (AvgIpc) is 2.26. The molecule has 0 aliphatic heterocycles. The van der Waals surface area contributed by atoms with E-state index in [4.69, 9.17) is 10.2 Å². The highest BCUT2D eigenvalue weighted by molar-refractivity contribution is 5.88. The zero-order valence-electron chi connectivity index (χ0n) is 9.83. The molecule has 5 heteroatoms. The van der Waals surface area contributed by atoms with Crippen LogP contribution in [0.4, 0.5) is 10.1 Å². The van der Waals surface area contributed by atoms with E-state index in [1.807, 2.05) is 13.8 Å². The fraction of sp³-hybridized carbons (Fsp3) is 0.417. The second-order valence-electron chi connectivity index (χ2n) is 4.68. The van der Waals surface area contributed by atoms with Crippen molar-refractivity contribution in [2.24, 2.45) is 5.41 Å². The molecule has 0 radical (unpaired) electrons. The van der Waals surface area contributed by atoms with Crippen molar-refractivity contribution < 1.29 is 19.4 Å². The van der Waals surface area contributed by atoms with E-state index in [0.717, 1.165) is 6.07 Å². The lowest BCUT2D eigenvalue weighted by Gasteiger charge is -2.22. The SMILES string of the molecule is CC(C)(CO)CNc1ccc(C(=O)O)c(F)c1. The van der Waals surface area contributed by atoms with Crippen molar-refractivity contribution in [2.45, 2.75) is 13.8 Å². The summed E-state index contributed by atoms with van der Waals surface area (Å²) in [7, 11) is 0. The molecular formula is C12H16FNO3. The van der Waals surface area contributed by atoms with Crippen LogP contribution >= 0.6 is 0 Å². The zero-order valence-corrected chi connectivity index (χ0v) is 9.83. The predicted molar refractivity (Wildman–Crippen MR) is 62.7 cm³/mol. The number of halogens is 1. The maximum Gasteiger partial charge on any atom is 0.338 e. The summed E-state index contributed by atoms with van der Waals surface area (Å²) in [6.07, 6.45) is 0. The fourth-order valence-corrected chi connectivity index (χ4v) is 1.20. The Morgan fingerprint density at radius 3 is 2.59 bits per heavy atom. The largest absolute Gasteiger partial charge is 0.478 e. The first kappa shape index (κ1) is 13.4. The van der Waals surface area contributed by atoms with E-state index in [9.17, 15) is 9.18 Å². The molecular weight excluding hydrogens is 225 g/mol. The zero-order chi connectivity index (χ0) is 13.1. The van der Waals surface area contributed by atoms with E-state index in [0.29, 0.717) is 12.2 Å². The van der Waals surface area contributed by atoms with Gasteiger partial charge in [0.2, 0.25) is 0 Å². The van der Waals surface area contributed by atoms with Gasteiger partial charge in [-0.25, -0.2) is 9.18 Å². The Morgan fingerprint density at radius 1 is 1.47 bits per heavy atom. The van der Waals surface area contributed by atoms with Gasteiger partial charge in [0.05, 0.1) is 5.56 Å². The number of rotatable bonds is 5. The van der Waals surface area contributed by atoms with Gasteiger partial charge in [-0.1, -0.05) is 13.8 Å². The lowest BCUT2D eigenvalue weighted by molar-refractivity contribution is 0.0692. The number of aromatic carboxylic acids is 1. The number of carboxylic acids is 1. The van der Waals surface area contributed by atoms with Crippen molar-refractivity contribution in [1.82, 2.24) is 0 Å². The first-order valence-electron chi connectivity index (χ1n) is 5.23. The second kappa shape index (κ2) is 5.14. The van der Waals surface area contributed by atoms with Crippen LogP contribution in [0, 0.1) is 11.2 Å². The third-order valence-electron chi connectivity index (χ3n) is 2.40. The van der Waals surface area contributed by atoms with Crippen molar-refractivity contribution in [3.63, 3.8) is 0 Å². The Kier molecular flexibility index (Phi) is 4.07. The molecule has 0 atom stereocenters. The highest BCUT2D eigenvalue weighted by atomic mass is 19.1. The quantitative estimate of drug-likeness (QED) is 0.737. The van der Waals surface area contributed by atoms with Crippen LogP contribution in [0.5, 0.6) is 0 Å². The number of carbonyl (C=O) groups is 1. The van der Waals surface area contributed by atoms with Crippen LogP contribution in [0.1, 0.15) is 24.2 Å². The molecule has 0 saturated heterocycles. The molecule has 1 aromatic rings. The number of benzene rings is 1. The summed E-state index contributed by atoms with van der Waals surface area (Å²) in [5.74, 6) is -2.06. The lowest BCUT2D eigenvalue weighted by Crippen LogP contribution is -2.26. The fourth-order valence-electron chi connectivity index (χ4n) is 1.20. The highest BCUT2D eigenvalue weighted by Gasteiger charge is 2.16. The molecule has 0 aromatic heterocycles. The van der Waals surface area contributed by atoms with E-state index in [-0.39, 0.29) is 17.6 Å². The van der Waals surface area contributed by atoms with Gasteiger partial charge in [-0.05, 0) is 18.2 Å². The minimum Gasteiger partial charge on any atom is -0.478 e. The molecule has 4 nitrogen and oxygen atoms in total. The molecule has 0 aliphatic carbocycles. The highest BCUT2D eigenvalue weighted by Crippen LogP contribution is 2.18. The van der Waals surface area contributed by atoms with E-state index in [2.05, 4.69) is 5.32 Å². The Labute approximate surface area is 99.1 Å². The first-order chi connectivity index (χ1) is 7.85. The molecule has 0 amide bonds. The van der Waals surface area contributed by atoms with E-state index < -0.39 is 11.8 Å². The summed E-state index contributed by atoms with van der Waals surface area (Å²) in [6, 6.07) is 3.85. The number of aliphatic hydroxyl groups excluding tert-OH is 1. The number of hydrogen-bond donors (Lipinski definition) is 3. The Hall–Kier alpha value is -1.62. The Bertz CT molecular complexity index is 418. The first-order valence-corrected chi connectivity index (χ1v) is 5.23. The Morgan fingerprint density at radius 2 is 2.12 bits per heavy atom. The number of carboxylic acid groups (broad SMARTS) is 1. The number of hydrogen-bond acceptors (Lipinski definition) is 3. The molecule has 0 unspecified atom stereocenters. The van der Waals surface area contributed by atoms with Crippen LogP contribution in [0.15, 0.2) is 18.2 Å². The van der Waals surface area contributed by atoms with Crippen LogP contribution in [-0.4, -0.2) is 29.3 Å². The van der Waals surface area contributed by atoms with Gasteiger partial charge in [0.25, 0.3) is 0 Å². The van der Waals surface area contributed by atoms with Crippen LogP contribution in [-0.2, 0) is 0 Å². The maximum absolute atomic E-state index is 13.3. The van der Waals surface area contributed by atoms with Gasteiger partial charge in [-0.15, -0.1) is 0 Å². The summed E-state index contributed by atoms with van der Waals surface area (Å²) in [5, 5.41) is 20.7. The average molecular weight is 241 g/mol. The van der Waals surface area contributed by atoms with Gasteiger partial charge in [0.1, 0.15) is 5.82 Å². The molecule has 0 heterocycles. The van der Waals surface area contributed by atoms with Crippen molar-refractivity contribution in [1.29, 1.82) is 0 Å². The summed E-state index contributed by atoms with van der Waals surface area (Å²) in [4.78, 5) is 10.6. The summed E-state index contributed by atoms with van der Waals surface area (Å²) < 4.78 is 13.3. The second-order valence-corrected chi connectivity index (χ2v) is 4.68. The van der Waals surface area contributed by atoms with Gasteiger partial charge in [-0.3, -0.25) is 0 Å². The maximum atomic E-state index is 13.3. The van der Waals surface area contributed by atoms with Crippen LogP contribution in [0.3, 0.4) is 0 Å².